The van der Waals surface area contributed by atoms with Crippen molar-refractivity contribution in [1.29, 1.82) is 0 Å². The summed E-state index contributed by atoms with van der Waals surface area (Å²) in [7, 11) is 1.96. The van der Waals surface area contributed by atoms with Gasteiger partial charge in [-0.25, -0.2) is 0 Å². The van der Waals surface area contributed by atoms with Crippen molar-refractivity contribution in [3.05, 3.63) is 18.0 Å². The van der Waals surface area contributed by atoms with Gasteiger partial charge < -0.3 is 0 Å². The Labute approximate surface area is 54.5 Å². The molecule has 1 aromatic heterocycles. The lowest BCUT2D eigenvalue weighted by Gasteiger charge is -1.84. The summed E-state index contributed by atoms with van der Waals surface area (Å²) in [6.07, 6.45) is 6.81. The Morgan fingerprint density at radius 2 is 2.44 bits per heavy atom. The van der Waals surface area contributed by atoms with Crippen LogP contribution >= 0.6 is 0 Å². The van der Waals surface area contributed by atoms with E-state index in [4.69, 9.17) is 0 Å². The number of hydrogen-bond donors (Lipinski definition) is 0. The molecule has 1 saturated carbocycles. The topological polar surface area (TPSA) is 17.8 Å². The molecule has 48 valence electrons. The molecule has 0 spiro atoms. The Bertz CT molecular complexity index is 210. The Kier molecular flexibility index (Phi) is 0.891. The molecule has 2 rings (SSSR count). The molecule has 0 atom stereocenters. The van der Waals surface area contributed by atoms with Crippen molar-refractivity contribution in [2.45, 2.75) is 18.8 Å². The van der Waals surface area contributed by atoms with Crippen LogP contribution in [0.25, 0.3) is 0 Å². The van der Waals surface area contributed by atoms with Crippen LogP contribution in [-0.4, -0.2) is 9.78 Å². The van der Waals surface area contributed by atoms with Gasteiger partial charge in [0.1, 0.15) is 0 Å². The molecule has 1 aliphatic rings. The van der Waals surface area contributed by atoms with Crippen molar-refractivity contribution in [3.8, 4) is 0 Å². The summed E-state index contributed by atoms with van der Waals surface area (Å²) in [6, 6.07) is 0. The first-order valence-electron chi connectivity index (χ1n) is 3.35. The first-order valence-corrected chi connectivity index (χ1v) is 3.35. The summed E-state index contributed by atoms with van der Waals surface area (Å²) in [6.45, 7) is 0. The molecule has 1 aromatic rings. The van der Waals surface area contributed by atoms with Crippen LogP contribution in [0.2, 0.25) is 0 Å². The lowest BCUT2D eigenvalue weighted by molar-refractivity contribution is 0.767. The summed E-state index contributed by atoms with van der Waals surface area (Å²) in [5.41, 5.74) is 1.41. The third kappa shape index (κ3) is 0.846. The molecular formula is C7H10N2. The molecule has 0 aromatic carbocycles. The van der Waals surface area contributed by atoms with Crippen LogP contribution in [0.3, 0.4) is 0 Å². The summed E-state index contributed by atoms with van der Waals surface area (Å²) < 4.78 is 1.87. The molecule has 2 heteroatoms. The molecule has 1 heterocycles. The maximum Gasteiger partial charge on any atom is 0.0524 e. The molecule has 0 amide bonds. The molecule has 0 unspecified atom stereocenters. The van der Waals surface area contributed by atoms with Crippen molar-refractivity contribution < 1.29 is 0 Å². The number of aromatic nitrogens is 2. The maximum atomic E-state index is 4.09. The summed E-state index contributed by atoms with van der Waals surface area (Å²) in [4.78, 5) is 0. The van der Waals surface area contributed by atoms with Crippen molar-refractivity contribution in [2.75, 3.05) is 0 Å². The highest BCUT2D eigenvalue weighted by atomic mass is 15.2. The SMILES string of the molecule is Cn1cc(C2CC2)cn1. The molecule has 0 saturated heterocycles. The van der Waals surface area contributed by atoms with Crippen molar-refractivity contribution in [2.24, 2.45) is 7.05 Å². The van der Waals surface area contributed by atoms with E-state index in [0.29, 0.717) is 0 Å². The lowest BCUT2D eigenvalue weighted by Crippen LogP contribution is -1.84. The lowest BCUT2D eigenvalue weighted by atomic mass is 10.2. The molecular weight excluding hydrogens is 112 g/mol. The third-order valence-corrected chi connectivity index (χ3v) is 1.77. The summed E-state index contributed by atoms with van der Waals surface area (Å²) in [5.74, 6) is 0.846. The Balaban J connectivity index is 2.28. The third-order valence-electron chi connectivity index (χ3n) is 1.77. The van der Waals surface area contributed by atoms with E-state index in [0.717, 1.165) is 5.92 Å². The first kappa shape index (κ1) is 5.03. The van der Waals surface area contributed by atoms with Gasteiger partial charge in [-0.2, -0.15) is 5.10 Å². The molecule has 0 radical (unpaired) electrons. The predicted octanol–water partition coefficient (Wildman–Crippen LogP) is 1.30. The van der Waals surface area contributed by atoms with Crippen molar-refractivity contribution in [3.63, 3.8) is 0 Å². The summed E-state index contributed by atoms with van der Waals surface area (Å²) in [5, 5.41) is 4.09. The molecule has 0 bridgehead atoms. The fraction of sp³-hybridized carbons (Fsp3) is 0.571. The average Bonchev–Trinajstić information content (AvgIpc) is 2.58. The van der Waals surface area contributed by atoms with Gasteiger partial charge in [-0.1, -0.05) is 0 Å². The van der Waals surface area contributed by atoms with E-state index in [1.54, 1.807) is 0 Å². The van der Waals surface area contributed by atoms with Gasteiger partial charge >= 0.3 is 0 Å². The van der Waals surface area contributed by atoms with Crippen LogP contribution in [0.15, 0.2) is 12.4 Å². The highest BCUT2D eigenvalue weighted by molar-refractivity contribution is 5.16. The van der Waals surface area contributed by atoms with Crippen LogP contribution in [0.5, 0.6) is 0 Å². The van der Waals surface area contributed by atoms with Gasteiger partial charge in [0.15, 0.2) is 0 Å². The molecule has 1 fully saturated rings. The molecule has 2 nitrogen and oxygen atoms in total. The van der Waals surface area contributed by atoms with Crippen LogP contribution < -0.4 is 0 Å². The van der Waals surface area contributed by atoms with Gasteiger partial charge in [-0.3, -0.25) is 4.68 Å². The van der Waals surface area contributed by atoms with Crippen LogP contribution in [0.1, 0.15) is 24.3 Å². The maximum absolute atomic E-state index is 4.09. The Morgan fingerprint density at radius 3 is 2.89 bits per heavy atom. The van der Waals surface area contributed by atoms with Gasteiger partial charge in [-0.05, 0) is 24.3 Å². The highest BCUT2D eigenvalue weighted by Crippen LogP contribution is 2.39. The van der Waals surface area contributed by atoms with E-state index >= 15 is 0 Å². The highest BCUT2D eigenvalue weighted by Gasteiger charge is 2.24. The smallest absolute Gasteiger partial charge is 0.0524 e. The number of rotatable bonds is 1. The largest absolute Gasteiger partial charge is 0.276 e. The Hall–Kier alpha value is -0.790. The van der Waals surface area contributed by atoms with Crippen molar-refractivity contribution >= 4 is 0 Å². The van der Waals surface area contributed by atoms with Crippen LogP contribution in [0, 0.1) is 0 Å². The first-order chi connectivity index (χ1) is 4.36. The zero-order chi connectivity index (χ0) is 6.27. The standard InChI is InChI=1S/C7H10N2/c1-9-5-7(4-8-9)6-2-3-6/h4-6H,2-3H2,1H3. The number of aryl methyl sites for hydroxylation is 1. The Morgan fingerprint density at radius 1 is 1.67 bits per heavy atom. The second-order valence-corrected chi connectivity index (χ2v) is 2.72. The fourth-order valence-corrected chi connectivity index (χ4v) is 1.07. The minimum Gasteiger partial charge on any atom is -0.276 e. The normalized spacial score (nSPS) is 18.3. The monoisotopic (exact) mass is 122 g/mol. The molecule has 9 heavy (non-hydrogen) atoms. The minimum atomic E-state index is 0.846. The minimum absolute atomic E-state index is 0.846. The number of hydrogen-bond acceptors (Lipinski definition) is 1. The molecule has 0 N–H and O–H groups in total. The average molecular weight is 122 g/mol. The van der Waals surface area contributed by atoms with E-state index < -0.39 is 0 Å². The zero-order valence-electron chi connectivity index (χ0n) is 5.54. The second kappa shape index (κ2) is 1.59. The number of nitrogens with zero attached hydrogens (tertiary/aromatic N) is 2. The molecule has 0 aliphatic heterocycles. The van der Waals surface area contributed by atoms with Gasteiger partial charge in [0.25, 0.3) is 0 Å². The quantitative estimate of drug-likeness (QED) is 0.549. The van der Waals surface area contributed by atoms with E-state index in [1.807, 2.05) is 17.9 Å². The van der Waals surface area contributed by atoms with Crippen molar-refractivity contribution in [1.82, 2.24) is 9.78 Å². The zero-order valence-corrected chi connectivity index (χ0v) is 5.54. The second-order valence-electron chi connectivity index (χ2n) is 2.72. The van der Waals surface area contributed by atoms with Gasteiger partial charge in [0, 0.05) is 13.2 Å². The van der Waals surface area contributed by atoms with E-state index in [2.05, 4.69) is 11.3 Å². The van der Waals surface area contributed by atoms with E-state index in [1.165, 1.54) is 18.4 Å². The van der Waals surface area contributed by atoms with Gasteiger partial charge in [-0.15, -0.1) is 0 Å². The van der Waals surface area contributed by atoms with Gasteiger partial charge in [0.2, 0.25) is 0 Å². The van der Waals surface area contributed by atoms with E-state index in [-0.39, 0.29) is 0 Å². The van der Waals surface area contributed by atoms with E-state index in [9.17, 15) is 0 Å². The predicted molar refractivity (Wildman–Crippen MR) is 35.2 cm³/mol. The van der Waals surface area contributed by atoms with Gasteiger partial charge in [0.05, 0.1) is 6.20 Å². The van der Waals surface area contributed by atoms with Crippen LogP contribution in [-0.2, 0) is 7.05 Å². The summed E-state index contributed by atoms with van der Waals surface area (Å²) >= 11 is 0. The molecule has 1 aliphatic carbocycles. The van der Waals surface area contributed by atoms with Crippen LogP contribution in [0.4, 0.5) is 0 Å². The fourth-order valence-electron chi connectivity index (χ4n) is 1.07.